The number of rotatable bonds is 4. The zero-order valence-electron chi connectivity index (χ0n) is 11.7. The van der Waals surface area contributed by atoms with Crippen molar-refractivity contribution in [3.05, 3.63) is 30.1 Å². The van der Waals surface area contributed by atoms with E-state index in [4.69, 9.17) is 4.74 Å². The Morgan fingerprint density at radius 3 is 2.50 bits per heavy atom. The van der Waals surface area contributed by atoms with Crippen molar-refractivity contribution in [1.29, 1.82) is 0 Å². The van der Waals surface area contributed by atoms with Crippen molar-refractivity contribution in [3.63, 3.8) is 0 Å². The summed E-state index contributed by atoms with van der Waals surface area (Å²) in [6, 6.07) is 5.38. The first kappa shape index (κ1) is 14.6. The van der Waals surface area contributed by atoms with Crippen molar-refractivity contribution >= 4 is 5.97 Å². The number of carbonyl (C=O) groups excluding carboxylic acids is 1. The second-order valence-corrected chi connectivity index (χ2v) is 5.40. The van der Waals surface area contributed by atoms with Crippen LogP contribution >= 0.6 is 0 Å². The predicted molar refractivity (Wildman–Crippen MR) is 71.1 cm³/mol. The fourth-order valence-electron chi connectivity index (χ4n) is 1.55. The Balaban J connectivity index is 2.55. The first-order valence-electron chi connectivity index (χ1n) is 6.19. The van der Waals surface area contributed by atoms with Gasteiger partial charge in [0.1, 0.15) is 11.6 Å². The molecule has 0 radical (unpaired) electrons. The van der Waals surface area contributed by atoms with Gasteiger partial charge < -0.3 is 4.74 Å². The van der Waals surface area contributed by atoms with Crippen LogP contribution in [0, 0.1) is 0 Å². The fourth-order valence-corrected chi connectivity index (χ4v) is 1.55. The largest absolute Gasteiger partial charge is 0.459 e. The highest BCUT2D eigenvalue weighted by molar-refractivity contribution is 5.75. The monoisotopic (exact) mass is 250 g/mol. The average Bonchev–Trinajstić information content (AvgIpc) is 2.27. The smallest absolute Gasteiger partial charge is 0.323 e. The Morgan fingerprint density at radius 1 is 1.33 bits per heavy atom. The number of aromatic nitrogens is 1. The maximum atomic E-state index is 11.8. The summed E-state index contributed by atoms with van der Waals surface area (Å²) in [5, 5.41) is 3.18. The number of nitrogens with zero attached hydrogens (tertiary/aromatic N) is 1. The molecule has 4 heteroatoms. The van der Waals surface area contributed by atoms with Gasteiger partial charge in [-0.3, -0.25) is 15.1 Å². The van der Waals surface area contributed by atoms with E-state index in [1.54, 1.807) is 13.1 Å². The normalized spacial score (nSPS) is 14.9. The van der Waals surface area contributed by atoms with Crippen LogP contribution in [0.2, 0.25) is 0 Å². The Labute approximate surface area is 109 Å². The topological polar surface area (TPSA) is 51.2 Å². The molecule has 0 saturated heterocycles. The molecule has 1 heterocycles. The number of esters is 1. The molecule has 2 atom stereocenters. The highest BCUT2D eigenvalue weighted by Gasteiger charge is 2.23. The van der Waals surface area contributed by atoms with Crippen LogP contribution in [0.15, 0.2) is 24.4 Å². The first-order valence-corrected chi connectivity index (χ1v) is 6.19. The molecule has 1 aromatic rings. The molecule has 1 N–H and O–H groups in total. The molecule has 1 aromatic heterocycles. The number of carbonyl (C=O) groups is 1. The van der Waals surface area contributed by atoms with Crippen molar-refractivity contribution < 1.29 is 9.53 Å². The molecular weight excluding hydrogens is 228 g/mol. The number of nitrogens with one attached hydrogen (secondary N) is 1. The van der Waals surface area contributed by atoms with Crippen LogP contribution in [0.25, 0.3) is 0 Å². The summed E-state index contributed by atoms with van der Waals surface area (Å²) in [7, 11) is 0. The fraction of sp³-hybridized carbons (Fsp3) is 0.571. The van der Waals surface area contributed by atoms with Crippen LogP contribution in [-0.2, 0) is 9.53 Å². The van der Waals surface area contributed by atoms with Gasteiger partial charge in [0.05, 0.1) is 5.69 Å². The number of hydrogen-bond donors (Lipinski definition) is 1. The first-order chi connectivity index (χ1) is 8.29. The molecule has 100 valence electrons. The van der Waals surface area contributed by atoms with Crippen LogP contribution < -0.4 is 5.32 Å². The van der Waals surface area contributed by atoms with Crippen molar-refractivity contribution in [3.8, 4) is 0 Å². The number of hydrogen-bond acceptors (Lipinski definition) is 4. The third-order valence-electron chi connectivity index (χ3n) is 2.39. The minimum absolute atomic E-state index is 0.00807. The lowest BCUT2D eigenvalue weighted by atomic mass is 10.1. The van der Waals surface area contributed by atoms with E-state index >= 15 is 0 Å². The summed E-state index contributed by atoms with van der Waals surface area (Å²) >= 11 is 0. The number of ether oxygens (including phenoxy) is 1. The Hall–Kier alpha value is -1.42. The molecule has 0 fully saturated rings. The van der Waals surface area contributed by atoms with E-state index in [1.165, 1.54) is 0 Å². The Bertz CT molecular complexity index is 385. The van der Waals surface area contributed by atoms with E-state index in [2.05, 4.69) is 10.3 Å². The van der Waals surface area contributed by atoms with Crippen LogP contribution in [0.3, 0.4) is 0 Å². The summed E-state index contributed by atoms with van der Waals surface area (Å²) in [6.45, 7) is 9.36. The van der Waals surface area contributed by atoms with Gasteiger partial charge in [-0.05, 0) is 46.8 Å². The van der Waals surface area contributed by atoms with E-state index in [1.807, 2.05) is 45.9 Å². The highest BCUT2D eigenvalue weighted by Crippen LogP contribution is 2.12. The lowest BCUT2D eigenvalue weighted by Crippen LogP contribution is -2.40. The van der Waals surface area contributed by atoms with E-state index in [0.29, 0.717) is 0 Å². The van der Waals surface area contributed by atoms with Crippen LogP contribution in [0.4, 0.5) is 0 Å². The lowest BCUT2D eigenvalue weighted by molar-refractivity contribution is -0.157. The molecule has 0 bridgehead atoms. The van der Waals surface area contributed by atoms with Gasteiger partial charge >= 0.3 is 5.97 Å². The quantitative estimate of drug-likeness (QED) is 0.834. The van der Waals surface area contributed by atoms with Gasteiger partial charge in [0.15, 0.2) is 0 Å². The second-order valence-electron chi connectivity index (χ2n) is 5.40. The molecule has 0 amide bonds. The average molecular weight is 250 g/mol. The third kappa shape index (κ3) is 4.84. The molecule has 0 spiro atoms. The molecule has 0 aromatic carbocycles. The standard InChI is InChI=1S/C14H22N2O2/c1-10(12-8-6-7-9-15-12)16-11(2)13(17)18-14(3,4)5/h6-11,16H,1-5H3/t10-,11?/m1/s1. The minimum atomic E-state index is -0.457. The van der Waals surface area contributed by atoms with Crippen molar-refractivity contribution in [1.82, 2.24) is 10.3 Å². The van der Waals surface area contributed by atoms with Crippen molar-refractivity contribution in [2.45, 2.75) is 52.3 Å². The van der Waals surface area contributed by atoms with E-state index in [0.717, 1.165) is 5.69 Å². The van der Waals surface area contributed by atoms with E-state index < -0.39 is 5.60 Å². The van der Waals surface area contributed by atoms with Gasteiger partial charge in [-0.1, -0.05) is 6.07 Å². The van der Waals surface area contributed by atoms with Gasteiger partial charge in [-0.25, -0.2) is 0 Å². The van der Waals surface area contributed by atoms with E-state index in [-0.39, 0.29) is 18.1 Å². The summed E-state index contributed by atoms with van der Waals surface area (Å²) in [4.78, 5) is 16.1. The molecule has 18 heavy (non-hydrogen) atoms. The molecule has 1 rings (SSSR count). The summed E-state index contributed by atoms with van der Waals surface area (Å²) < 4.78 is 5.31. The molecule has 1 unspecified atom stereocenters. The molecule has 4 nitrogen and oxygen atoms in total. The minimum Gasteiger partial charge on any atom is -0.459 e. The predicted octanol–water partition coefficient (Wildman–Crippen LogP) is 2.46. The highest BCUT2D eigenvalue weighted by atomic mass is 16.6. The van der Waals surface area contributed by atoms with Crippen molar-refractivity contribution in [2.75, 3.05) is 0 Å². The Kier molecular flexibility index (Phi) is 4.84. The van der Waals surface area contributed by atoms with Crippen molar-refractivity contribution in [2.24, 2.45) is 0 Å². The zero-order valence-corrected chi connectivity index (χ0v) is 11.7. The zero-order chi connectivity index (χ0) is 13.8. The van der Waals surface area contributed by atoms with Gasteiger partial charge in [0.2, 0.25) is 0 Å². The van der Waals surface area contributed by atoms with Gasteiger partial charge in [-0.15, -0.1) is 0 Å². The molecular formula is C14H22N2O2. The lowest BCUT2D eigenvalue weighted by Gasteiger charge is -2.24. The van der Waals surface area contributed by atoms with Crippen LogP contribution in [0.5, 0.6) is 0 Å². The summed E-state index contributed by atoms with van der Waals surface area (Å²) in [6.07, 6.45) is 1.74. The van der Waals surface area contributed by atoms with Gasteiger partial charge in [-0.2, -0.15) is 0 Å². The maximum absolute atomic E-state index is 11.8. The third-order valence-corrected chi connectivity index (χ3v) is 2.39. The molecule has 0 aliphatic heterocycles. The SMILES string of the molecule is CC(N[C@H](C)c1ccccn1)C(=O)OC(C)(C)C. The Morgan fingerprint density at radius 2 is 2.00 bits per heavy atom. The molecule has 0 saturated carbocycles. The van der Waals surface area contributed by atoms with Crippen LogP contribution in [0.1, 0.15) is 46.4 Å². The molecule has 0 aliphatic carbocycles. The van der Waals surface area contributed by atoms with Crippen LogP contribution in [-0.4, -0.2) is 22.6 Å². The second kappa shape index (κ2) is 5.96. The molecule has 0 aliphatic rings. The number of pyridine rings is 1. The van der Waals surface area contributed by atoms with E-state index in [9.17, 15) is 4.79 Å². The van der Waals surface area contributed by atoms with Gasteiger partial charge in [0.25, 0.3) is 0 Å². The maximum Gasteiger partial charge on any atom is 0.323 e. The summed E-state index contributed by atoms with van der Waals surface area (Å²) in [5.74, 6) is -0.245. The van der Waals surface area contributed by atoms with Gasteiger partial charge in [0, 0.05) is 12.2 Å². The summed E-state index contributed by atoms with van der Waals surface area (Å²) in [5.41, 5.74) is 0.453.